The van der Waals surface area contributed by atoms with Crippen LogP contribution in [0.5, 0.6) is 0 Å². The van der Waals surface area contributed by atoms with Gasteiger partial charge in [0.2, 0.25) is 0 Å². The summed E-state index contributed by atoms with van der Waals surface area (Å²) < 4.78 is 40.2. The van der Waals surface area contributed by atoms with E-state index >= 15 is 0 Å². The van der Waals surface area contributed by atoms with Crippen molar-refractivity contribution in [3.8, 4) is 0 Å². The number of rotatable bonds is 5. The highest BCUT2D eigenvalue weighted by atomic mass is 32.2. The molecule has 21 heavy (non-hydrogen) atoms. The minimum Gasteiger partial charge on any atom is -0.478 e. The van der Waals surface area contributed by atoms with Gasteiger partial charge in [-0.25, -0.2) is 17.6 Å². The molecule has 0 atom stereocenters. The number of aromatic amines is 1. The van der Waals surface area contributed by atoms with E-state index < -0.39 is 26.7 Å². The Balaban J connectivity index is 2.38. The lowest BCUT2D eigenvalue weighted by molar-refractivity contribution is 0.0696. The Labute approximate surface area is 119 Å². The summed E-state index contributed by atoms with van der Waals surface area (Å²) in [4.78, 5) is 10.1. The number of nitrogens with one attached hydrogen (secondary N) is 2. The number of anilines is 1. The van der Waals surface area contributed by atoms with Gasteiger partial charge in [0.15, 0.2) is 0 Å². The Bertz CT molecular complexity index is 786. The molecule has 0 saturated heterocycles. The summed E-state index contributed by atoms with van der Waals surface area (Å²) in [7, 11) is -4.18. The van der Waals surface area contributed by atoms with Gasteiger partial charge in [-0.2, -0.15) is 5.10 Å². The maximum absolute atomic E-state index is 13.8. The molecule has 0 saturated carbocycles. The fourth-order valence-corrected chi connectivity index (χ4v) is 2.83. The molecular formula is C12H12FN3O4S. The number of carbonyl (C=O) groups is 1. The van der Waals surface area contributed by atoms with Gasteiger partial charge >= 0.3 is 5.97 Å². The van der Waals surface area contributed by atoms with Gasteiger partial charge < -0.3 is 5.11 Å². The second kappa shape index (κ2) is 5.52. The number of nitrogens with zero attached hydrogens (tertiary/aromatic N) is 1. The van der Waals surface area contributed by atoms with Gasteiger partial charge in [0.25, 0.3) is 10.0 Å². The Morgan fingerprint density at radius 3 is 2.76 bits per heavy atom. The number of hydrogen-bond donors (Lipinski definition) is 3. The quantitative estimate of drug-likeness (QED) is 0.776. The average molecular weight is 313 g/mol. The molecule has 0 spiro atoms. The van der Waals surface area contributed by atoms with Crippen LogP contribution in [0.1, 0.15) is 22.8 Å². The average Bonchev–Trinajstić information content (AvgIpc) is 2.84. The Morgan fingerprint density at radius 1 is 1.48 bits per heavy atom. The zero-order chi connectivity index (χ0) is 15.6. The molecule has 112 valence electrons. The largest absolute Gasteiger partial charge is 0.478 e. The Hall–Kier alpha value is -2.42. The van der Waals surface area contributed by atoms with E-state index in [4.69, 9.17) is 5.11 Å². The van der Waals surface area contributed by atoms with Gasteiger partial charge in [-0.1, -0.05) is 6.92 Å². The van der Waals surface area contributed by atoms with E-state index in [0.717, 1.165) is 12.1 Å². The topological polar surface area (TPSA) is 112 Å². The number of halogens is 1. The summed E-state index contributed by atoms with van der Waals surface area (Å²) in [6, 6.07) is 2.58. The summed E-state index contributed by atoms with van der Waals surface area (Å²) in [5, 5.41) is 14.9. The fraction of sp³-hybridized carbons (Fsp3) is 0.167. The van der Waals surface area contributed by atoms with E-state index in [1.54, 1.807) is 0 Å². The molecule has 1 aromatic carbocycles. The molecule has 0 amide bonds. The number of benzene rings is 1. The van der Waals surface area contributed by atoms with Crippen molar-refractivity contribution >= 4 is 21.8 Å². The van der Waals surface area contributed by atoms with E-state index in [9.17, 15) is 17.6 Å². The lowest BCUT2D eigenvalue weighted by Gasteiger charge is -2.09. The first kappa shape index (κ1) is 15.0. The van der Waals surface area contributed by atoms with Gasteiger partial charge in [0.05, 0.1) is 11.8 Å². The van der Waals surface area contributed by atoms with Crippen molar-refractivity contribution in [1.82, 2.24) is 10.2 Å². The molecule has 0 bridgehead atoms. The second-order valence-electron chi connectivity index (χ2n) is 4.18. The van der Waals surface area contributed by atoms with E-state index in [-0.39, 0.29) is 11.4 Å². The Morgan fingerprint density at radius 2 is 2.19 bits per heavy atom. The maximum Gasteiger partial charge on any atom is 0.335 e. The SMILES string of the molecule is CCc1cn[nH]c1NS(=O)(=O)c1ccc(C(=O)O)cc1F. The van der Waals surface area contributed by atoms with Crippen molar-refractivity contribution in [2.24, 2.45) is 0 Å². The van der Waals surface area contributed by atoms with Gasteiger partial charge in [-0.3, -0.25) is 9.82 Å². The minimum atomic E-state index is -4.18. The molecule has 0 unspecified atom stereocenters. The van der Waals surface area contributed by atoms with Crippen molar-refractivity contribution < 1.29 is 22.7 Å². The summed E-state index contributed by atoms with van der Waals surface area (Å²) in [6.45, 7) is 1.81. The third kappa shape index (κ3) is 3.02. The second-order valence-corrected chi connectivity index (χ2v) is 5.83. The summed E-state index contributed by atoms with van der Waals surface area (Å²) in [5.74, 6) is -2.33. The standard InChI is InChI=1S/C12H12FN3O4S/c1-2-7-6-14-15-11(7)16-21(19,20)10-4-3-8(12(17)18)5-9(10)13/h3-6H,2H2,1H3,(H,17,18)(H2,14,15,16). The molecule has 0 radical (unpaired) electrons. The predicted octanol–water partition coefficient (Wildman–Crippen LogP) is 1.61. The van der Waals surface area contributed by atoms with Crippen molar-refractivity contribution in [2.45, 2.75) is 18.2 Å². The fourth-order valence-electron chi connectivity index (χ4n) is 1.71. The number of sulfonamides is 1. The number of carboxylic acids is 1. The molecule has 0 aliphatic rings. The van der Waals surface area contributed by atoms with Crippen LogP contribution in [0, 0.1) is 5.82 Å². The van der Waals surface area contributed by atoms with E-state index in [0.29, 0.717) is 18.1 Å². The van der Waals surface area contributed by atoms with Crippen molar-refractivity contribution in [1.29, 1.82) is 0 Å². The van der Waals surface area contributed by atoms with Crippen LogP contribution in [0.3, 0.4) is 0 Å². The number of hydrogen-bond acceptors (Lipinski definition) is 4. The zero-order valence-electron chi connectivity index (χ0n) is 10.9. The van der Waals surface area contributed by atoms with Gasteiger partial charge in [0.1, 0.15) is 16.5 Å². The first-order valence-corrected chi connectivity index (χ1v) is 7.41. The number of aryl methyl sites for hydroxylation is 1. The van der Waals surface area contributed by atoms with Gasteiger partial charge in [-0.05, 0) is 24.6 Å². The predicted molar refractivity (Wildman–Crippen MR) is 72.1 cm³/mol. The number of aromatic carboxylic acids is 1. The summed E-state index contributed by atoms with van der Waals surface area (Å²) >= 11 is 0. The van der Waals surface area contributed by atoms with Crippen LogP contribution in [-0.4, -0.2) is 29.7 Å². The molecule has 3 N–H and O–H groups in total. The molecule has 1 aromatic heterocycles. The van der Waals surface area contributed by atoms with Crippen LogP contribution in [-0.2, 0) is 16.4 Å². The first-order valence-electron chi connectivity index (χ1n) is 5.93. The Kier molecular flexibility index (Phi) is 3.94. The van der Waals surface area contributed by atoms with Gasteiger partial charge in [0, 0.05) is 5.56 Å². The molecule has 9 heteroatoms. The first-order chi connectivity index (χ1) is 9.85. The van der Waals surface area contributed by atoms with Crippen molar-refractivity contribution in [3.63, 3.8) is 0 Å². The molecule has 2 rings (SSSR count). The lowest BCUT2D eigenvalue weighted by atomic mass is 10.2. The van der Waals surface area contributed by atoms with Crippen LogP contribution >= 0.6 is 0 Å². The highest BCUT2D eigenvalue weighted by Gasteiger charge is 2.22. The maximum atomic E-state index is 13.8. The van der Waals surface area contributed by atoms with Crippen molar-refractivity contribution in [2.75, 3.05) is 4.72 Å². The molecule has 0 fully saturated rings. The molecule has 0 aliphatic heterocycles. The van der Waals surface area contributed by atoms with Crippen molar-refractivity contribution in [3.05, 3.63) is 41.3 Å². The molecule has 0 aliphatic carbocycles. The summed E-state index contributed by atoms with van der Waals surface area (Å²) in [5.41, 5.74) is 0.295. The highest BCUT2D eigenvalue weighted by molar-refractivity contribution is 7.92. The van der Waals surface area contributed by atoms with E-state index in [2.05, 4.69) is 14.9 Å². The van der Waals surface area contributed by atoms with Crippen LogP contribution in [0.2, 0.25) is 0 Å². The number of H-pyrrole nitrogens is 1. The third-order valence-corrected chi connectivity index (χ3v) is 4.19. The zero-order valence-corrected chi connectivity index (χ0v) is 11.7. The summed E-state index contributed by atoms with van der Waals surface area (Å²) in [6.07, 6.45) is 2.00. The molecule has 7 nitrogen and oxygen atoms in total. The number of carboxylic acid groups (broad SMARTS) is 1. The molecule has 1 heterocycles. The third-order valence-electron chi connectivity index (χ3n) is 2.80. The normalized spacial score (nSPS) is 11.3. The van der Waals surface area contributed by atoms with Crippen LogP contribution < -0.4 is 4.72 Å². The monoisotopic (exact) mass is 313 g/mol. The molecule has 2 aromatic rings. The lowest BCUT2D eigenvalue weighted by Crippen LogP contribution is -2.16. The smallest absolute Gasteiger partial charge is 0.335 e. The van der Waals surface area contributed by atoms with E-state index in [1.807, 2.05) is 6.92 Å². The number of aromatic nitrogens is 2. The van der Waals surface area contributed by atoms with Gasteiger partial charge in [-0.15, -0.1) is 0 Å². The van der Waals surface area contributed by atoms with Crippen LogP contribution in [0.15, 0.2) is 29.3 Å². The highest BCUT2D eigenvalue weighted by Crippen LogP contribution is 2.21. The van der Waals surface area contributed by atoms with Crippen LogP contribution in [0.4, 0.5) is 10.2 Å². The van der Waals surface area contributed by atoms with E-state index in [1.165, 1.54) is 6.20 Å². The minimum absolute atomic E-state index is 0.152. The van der Waals surface area contributed by atoms with Crippen LogP contribution in [0.25, 0.3) is 0 Å². The molecular weight excluding hydrogens is 301 g/mol.